The molecule has 1 heterocycles. The molecule has 0 aliphatic heterocycles. The van der Waals surface area contributed by atoms with Gasteiger partial charge in [-0.3, -0.25) is 4.79 Å². The van der Waals surface area contributed by atoms with Crippen LogP contribution in [0.5, 0.6) is 0 Å². The molecule has 0 radical (unpaired) electrons. The van der Waals surface area contributed by atoms with Gasteiger partial charge in [0.1, 0.15) is 11.6 Å². The van der Waals surface area contributed by atoms with E-state index in [0.29, 0.717) is 25.3 Å². The molecule has 0 spiro atoms. The number of benzene rings is 1. The second kappa shape index (κ2) is 7.76. The Morgan fingerprint density at radius 2 is 1.92 bits per heavy atom. The number of carbonyl (C=O) groups excluding carboxylic acids is 1. The fourth-order valence-corrected chi connectivity index (χ4v) is 1.90. The van der Waals surface area contributed by atoms with Crippen molar-refractivity contribution in [3.63, 3.8) is 0 Å². The van der Waals surface area contributed by atoms with Gasteiger partial charge >= 0.3 is 6.18 Å². The Labute approximate surface area is 135 Å². The number of hydrogen-bond acceptors (Lipinski definition) is 3. The summed E-state index contributed by atoms with van der Waals surface area (Å²) < 4.78 is 50.2. The number of nitrogens with zero attached hydrogens (tertiary/aromatic N) is 1. The Hall–Kier alpha value is -2.64. The van der Waals surface area contributed by atoms with Gasteiger partial charge in [-0.1, -0.05) is 6.07 Å². The summed E-state index contributed by atoms with van der Waals surface area (Å²) in [6, 6.07) is 7.53. The molecule has 2 aromatic rings. The number of rotatable bonds is 6. The van der Waals surface area contributed by atoms with E-state index in [4.69, 9.17) is 0 Å². The van der Waals surface area contributed by atoms with Crippen LogP contribution in [0.15, 0.2) is 42.6 Å². The Kier molecular flexibility index (Phi) is 5.73. The molecule has 0 fully saturated rings. The standard InChI is InChI=1S/C16H15F4N3O/c17-13-4-1-3-11(9-13)15(24)22-8-2-7-21-14-6-5-12(10-23-14)16(18,19)20/h1,3-6,9-10H,2,7-8H2,(H,21,23)(H,22,24). The van der Waals surface area contributed by atoms with Crippen LogP contribution in [0.2, 0.25) is 0 Å². The molecule has 2 rings (SSSR count). The number of carbonyl (C=O) groups is 1. The topological polar surface area (TPSA) is 54.0 Å². The number of pyridine rings is 1. The highest BCUT2D eigenvalue weighted by atomic mass is 19.4. The zero-order valence-electron chi connectivity index (χ0n) is 12.5. The summed E-state index contributed by atoms with van der Waals surface area (Å²) >= 11 is 0. The average Bonchev–Trinajstić information content (AvgIpc) is 2.54. The van der Waals surface area contributed by atoms with Crippen molar-refractivity contribution in [2.45, 2.75) is 12.6 Å². The van der Waals surface area contributed by atoms with Gasteiger partial charge in [-0.2, -0.15) is 13.2 Å². The maximum absolute atomic E-state index is 13.0. The summed E-state index contributed by atoms with van der Waals surface area (Å²) in [6.45, 7) is 0.755. The number of anilines is 1. The van der Waals surface area contributed by atoms with Crippen molar-refractivity contribution in [3.8, 4) is 0 Å². The highest BCUT2D eigenvalue weighted by molar-refractivity contribution is 5.94. The fraction of sp³-hybridized carbons (Fsp3) is 0.250. The lowest BCUT2D eigenvalue weighted by molar-refractivity contribution is -0.137. The molecule has 0 unspecified atom stereocenters. The lowest BCUT2D eigenvalue weighted by Gasteiger charge is -2.09. The third kappa shape index (κ3) is 5.22. The highest BCUT2D eigenvalue weighted by Crippen LogP contribution is 2.28. The van der Waals surface area contributed by atoms with E-state index in [1.807, 2.05) is 0 Å². The van der Waals surface area contributed by atoms with Gasteiger partial charge in [0.25, 0.3) is 5.91 Å². The van der Waals surface area contributed by atoms with Crippen molar-refractivity contribution in [1.29, 1.82) is 0 Å². The van der Waals surface area contributed by atoms with Crippen LogP contribution in [-0.4, -0.2) is 24.0 Å². The molecule has 1 aromatic carbocycles. The van der Waals surface area contributed by atoms with Gasteiger partial charge in [-0.05, 0) is 36.8 Å². The molecule has 0 saturated heterocycles. The average molecular weight is 341 g/mol. The minimum Gasteiger partial charge on any atom is -0.370 e. The van der Waals surface area contributed by atoms with Crippen LogP contribution in [0.25, 0.3) is 0 Å². The van der Waals surface area contributed by atoms with Crippen molar-refractivity contribution < 1.29 is 22.4 Å². The number of halogens is 4. The Balaban J connectivity index is 1.70. The minimum atomic E-state index is -4.41. The summed E-state index contributed by atoms with van der Waals surface area (Å²) in [4.78, 5) is 15.4. The summed E-state index contributed by atoms with van der Waals surface area (Å²) in [6.07, 6.45) is -3.12. The molecular formula is C16H15F4N3O. The van der Waals surface area contributed by atoms with E-state index in [1.54, 1.807) is 0 Å². The normalized spacial score (nSPS) is 11.2. The zero-order valence-corrected chi connectivity index (χ0v) is 12.5. The highest BCUT2D eigenvalue weighted by Gasteiger charge is 2.30. The largest absolute Gasteiger partial charge is 0.417 e. The van der Waals surface area contributed by atoms with Gasteiger partial charge < -0.3 is 10.6 Å². The third-order valence-electron chi connectivity index (χ3n) is 3.12. The number of hydrogen-bond donors (Lipinski definition) is 2. The first-order valence-electron chi connectivity index (χ1n) is 7.17. The molecule has 0 bridgehead atoms. The number of aromatic nitrogens is 1. The van der Waals surface area contributed by atoms with Crippen molar-refractivity contribution in [3.05, 3.63) is 59.5 Å². The SMILES string of the molecule is O=C(NCCCNc1ccc(C(F)(F)F)cn1)c1cccc(F)c1. The van der Waals surface area contributed by atoms with Gasteiger partial charge in [0, 0.05) is 24.8 Å². The maximum Gasteiger partial charge on any atom is 0.417 e. The summed E-state index contributed by atoms with van der Waals surface area (Å²) in [5.74, 6) is -0.556. The lowest BCUT2D eigenvalue weighted by Crippen LogP contribution is -2.25. The Bertz CT molecular complexity index is 686. The number of nitrogens with one attached hydrogen (secondary N) is 2. The second-order valence-electron chi connectivity index (χ2n) is 4.98. The monoisotopic (exact) mass is 341 g/mol. The van der Waals surface area contributed by atoms with E-state index in [1.165, 1.54) is 24.3 Å². The van der Waals surface area contributed by atoms with E-state index in [0.717, 1.165) is 18.3 Å². The van der Waals surface area contributed by atoms with Crippen molar-refractivity contribution in [1.82, 2.24) is 10.3 Å². The molecule has 128 valence electrons. The number of alkyl halides is 3. The van der Waals surface area contributed by atoms with Crippen LogP contribution >= 0.6 is 0 Å². The summed E-state index contributed by atoms with van der Waals surface area (Å²) in [5, 5.41) is 5.48. The molecule has 0 atom stereocenters. The first-order valence-corrected chi connectivity index (χ1v) is 7.17. The second-order valence-corrected chi connectivity index (χ2v) is 4.98. The van der Waals surface area contributed by atoms with Crippen LogP contribution < -0.4 is 10.6 Å². The molecule has 0 aliphatic carbocycles. The molecule has 2 N–H and O–H groups in total. The van der Waals surface area contributed by atoms with Crippen LogP contribution in [0.1, 0.15) is 22.3 Å². The van der Waals surface area contributed by atoms with Crippen molar-refractivity contribution >= 4 is 11.7 Å². The molecule has 0 saturated carbocycles. The van der Waals surface area contributed by atoms with Gasteiger partial charge in [-0.25, -0.2) is 9.37 Å². The molecular weight excluding hydrogens is 326 g/mol. The smallest absolute Gasteiger partial charge is 0.370 e. The molecule has 1 amide bonds. The van der Waals surface area contributed by atoms with E-state index < -0.39 is 17.6 Å². The van der Waals surface area contributed by atoms with E-state index in [-0.39, 0.29) is 11.5 Å². The number of amides is 1. The van der Waals surface area contributed by atoms with Crippen LogP contribution in [0.4, 0.5) is 23.4 Å². The zero-order chi connectivity index (χ0) is 17.6. The summed E-state index contributed by atoms with van der Waals surface area (Å²) in [7, 11) is 0. The van der Waals surface area contributed by atoms with Gasteiger partial charge in [-0.15, -0.1) is 0 Å². The van der Waals surface area contributed by atoms with E-state index in [9.17, 15) is 22.4 Å². The minimum absolute atomic E-state index is 0.229. The quantitative estimate of drug-likeness (QED) is 0.625. The first kappa shape index (κ1) is 17.7. The van der Waals surface area contributed by atoms with Crippen molar-refractivity contribution in [2.75, 3.05) is 18.4 Å². The molecule has 0 aliphatic rings. The predicted octanol–water partition coefficient (Wildman–Crippen LogP) is 3.47. The van der Waals surface area contributed by atoms with Gasteiger partial charge in [0.05, 0.1) is 5.56 Å². The molecule has 4 nitrogen and oxygen atoms in total. The summed E-state index contributed by atoms with van der Waals surface area (Å²) in [5.41, 5.74) is -0.581. The lowest BCUT2D eigenvalue weighted by atomic mass is 10.2. The predicted molar refractivity (Wildman–Crippen MR) is 81.1 cm³/mol. The van der Waals surface area contributed by atoms with Crippen molar-refractivity contribution in [2.24, 2.45) is 0 Å². The molecule has 8 heteroatoms. The maximum atomic E-state index is 13.0. The first-order chi connectivity index (χ1) is 11.4. The van der Waals surface area contributed by atoms with E-state index >= 15 is 0 Å². The fourth-order valence-electron chi connectivity index (χ4n) is 1.90. The molecule has 1 aromatic heterocycles. The Morgan fingerprint density at radius 3 is 2.54 bits per heavy atom. The van der Waals surface area contributed by atoms with E-state index in [2.05, 4.69) is 15.6 Å². The van der Waals surface area contributed by atoms with Gasteiger partial charge in [0.15, 0.2) is 0 Å². The third-order valence-corrected chi connectivity index (χ3v) is 3.12. The van der Waals surface area contributed by atoms with Gasteiger partial charge in [0.2, 0.25) is 0 Å². The van der Waals surface area contributed by atoms with Crippen LogP contribution in [-0.2, 0) is 6.18 Å². The van der Waals surface area contributed by atoms with Crippen LogP contribution in [0, 0.1) is 5.82 Å². The Morgan fingerprint density at radius 1 is 1.12 bits per heavy atom. The molecule has 24 heavy (non-hydrogen) atoms. The van der Waals surface area contributed by atoms with Crippen LogP contribution in [0.3, 0.4) is 0 Å².